The number of hydrogen-bond acceptors (Lipinski definition) is 1. The van der Waals surface area contributed by atoms with E-state index in [-0.39, 0.29) is 11.6 Å². The van der Waals surface area contributed by atoms with E-state index >= 15 is 0 Å². The fraction of sp³-hybridized carbons (Fsp3) is 0.154. The minimum Gasteiger partial charge on any atom is -0.323 e. The van der Waals surface area contributed by atoms with Gasteiger partial charge in [0.1, 0.15) is 5.82 Å². The third kappa shape index (κ3) is 2.03. The van der Waals surface area contributed by atoms with Crippen molar-refractivity contribution in [1.29, 1.82) is 0 Å². The molecule has 82 valence electrons. The van der Waals surface area contributed by atoms with Crippen molar-refractivity contribution in [1.82, 2.24) is 4.57 Å². The Morgan fingerprint density at radius 3 is 2.56 bits per heavy atom. The highest BCUT2D eigenvalue weighted by Gasteiger charge is 2.05. The highest BCUT2D eigenvalue weighted by molar-refractivity contribution is 5.95. The van der Waals surface area contributed by atoms with Crippen LogP contribution in [0.5, 0.6) is 0 Å². The molecule has 0 amide bonds. The Balaban J connectivity index is 2.31. The molecule has 0 aliphatic heterocycles. The standard InChI is InChI=1S/C13H12FNO/c1-2-13(16)10-7-8-15(9-10)12-5-3-11(14)4-6-12/h3-9H,2H2,1H3. The van der Waals surface area contributed by atoms with Crippen LogP contribution >= 0.6 is 0 Å². The smallest absolute Gasteiger partial charge is 0.164 e. The molecule has 16 heavy (non-hydrogen) atoms. The molecule has 0 atom stereocenters. The topological polar surface area (TPSA) is 22.0 Å². The molecule has 1 heterocycles. The number of hydrogen-bond donors (Lipinski definition) is 0. The van der Waals surface area contributed by atoms with Gasteiger partial charge in [-0.3, -0.25) is 4.79 Å². The van der Waals surface area contributed by atoms with E-state index in [1.807, 2.05) is 11.5 Å². The minimum atomic E-state index is -0.263. The van der Waals surface area contributed by atoms with Crippen LogP contribution < -0.4 is 0 Å². The summed E-state index contributed by atoms with van der Waals surface area (Å²) in [7, 11) is 0. The van der Waals surface area contributed by atoms with E-state index in [9.17, 15) is 9.18 Å². The maximum absolute atomic E-state index is 12.7. The summed E-state index contributed by atoms with van der Waals surface area (Å²) < 4.78 is 14.5. The maximum Gasteiger partial charge on any atom is 0.164 e. The van der Waals surface area contributed by atoms with Gasteiger partial charge < -0.3 is 4.57 Å². The van der Waals surface area contributed by atoms with Crippen molar-refractivity contribution in [3.05, 3.63) is 54.1 Å². The summed E-state index contributed by atoms with van der Waals surface area (Å²) in [5, 5.41) is 0. The molecule has 0 aliphatic carbocycles. The van der Waals surface area contributed by atoms with Crippen LogP contribution in [0.3, 0.4) is 0 Å². The Labute approximate surface area is 93.3 Å². The molecule has 2 nitrogen and oxygen atoms in total. The number of aromatic nitrogens is 1. The van der Waals surface area contributed by atoms with Crippen LogP contribution in [0.1, 0.15) is 23.7 Å². The van der Waals surface area contributed by atoms with E-state index in [2.05, 4.69) is 0 Å². The highest BCUT2D eigenvalue weighted by atomic mass is 19.1. The normalized spacial score (nSPS) is 10.4. The van der Waals surface area contributed by atoms with Crippen molar-refractivity contribution in [2.24, 2.45) is 0 Å². The van der Waals surface area contributed by atoms with E-state index in [0.29, 0.717) is 12.0 Å². The zero-order chi connectivity index (χ0) is 11.5. The summed E-state index contributed by atoms with van der Waals surface area (Å²) in [4.78, 5) is 11.4. The number of nitrogens with zero attached hydrogens (tertiary/aromatic N) is 1. The zero-order valence-corrected chi connectivity index (χ0v) is 8.98. The third-order valence-corrected chi connectivity index (χ3v) is 2.46. The van der Waals surface area contributed by atoms with E-state index in [1.54, 1.807) is 30.6 Å². The Kier molecular flexibility index (Phi) is 2.86. The number of benzene rings is 1. The SMILES string of the molecule is CCC(=O)c1ccn(-c2ccc(F)cc2)c1. The summed E-state index contributed by atoms with van der Waals surface area (Å²) in [6.07, 6.45) is 4.06. The van der Waals surface area contributed by atoms with Gasteiger partial charge in [-0.1, -0.05) is 6.92 Å². The van der Waals surface area contributed by atoms with E-state index in [0.717, 1.165) is 5.69 Å². The lowest BCUT2D eigenvalue weighted by molar-refractivity contribution is 0.0988. The van der Waals surface area contributed by atoms with E-state index < -0.39 is 0 Å². The summed E-state index contributed by atoms with van der Waals surface area (Å²) in [5.74, 6) is -0.151. The average Bonchev–Trinajstić information content (AvgIpc) is 2.78. The summed E-state index contributed by atoms with van der Waals surface area (Å²) in [6, 6.07) is 7.92. The van der Waals surface area contributed by atoms with E-state index in [4.69, 9.17) is 0 Å². The Morgan fingerprint density at radius 2 is 1.94 bits per heavy atom. The second kappa shape index (κ2) is 4.31. The second-order valence-corrected chi connectivity index (χ2v) is 3.56. The van der Waals surface area contributed by atoms with Crippen molar-refractivity contribution >= 4 is 5.78 Å². The van der Waals surface area contributed by atoms with Crippen LogP contribution in [0.2, 0.25) is 0 Å². The van der Waals surface area contributed by atoms with Gasteiger partial charge in [-0.15, -0.1) is 0 Å². The third-order valence-electron chi connectivity index (χ3n) is 2.46. The molecule has 0 aliphatic rings. The lowest BCUT2D eigenvalue weighted by Gasteiger charge is -2.01. The monoisotopic (exact) mass is 217 g/mol. The van der Waals surface area contributed by atoms with Crippen molar-refractivity contribution in [2.75, 3.05) is 0 Å². The predicted molar refractivity (Wildman–Crippen MR) is 60.3 cm³/mol. The number of halogens is 1. The van der Waals surface area contributed by atoms with Gasteiger partial charge in [0.25, 0.3) is 0 Å². The molecular weight excluding hydrogens is 205 g/mol. The first-order valence-electron chi connectivity index (χ1n) is 5.18. The fourth-order valence-electron chi connectivity index (χ4n) is 1.54. The van der Waals surface area contributed by atoms with Crippen molar-refractivity contribution in [2.45, 2.75) is 13.3 Å². The quantitative estimate of drug-likeness (QED) is 0.723. The number of ketones is 1. The molecule has 0 bridgehead atoms. The zero-order valence-electron chi connectivity index (χ0n) is 8.98. The number of Topliss-reactive ketones (excluding diaryl/α,β-unsaturated/α-hetero) is 1. The molecule has 2 aromatic rings. The Hall–Kier alpha value is -1.90. The van der Waals surface area contributed by atoms with Gasteiger partial charge in [0, 0.05) is 30.1 Å². The first-order valence-corrected chi connectivity index (χ1v) is 5.18. The van der Waals surface area contributed by atoms with Crippen LogP contribution in [0, 0.1) is 5.82 Å². The molecule has 1 aromatic carbocycles. The minimum absolute atomic E-state index is 0.112. The van der Waals surface area contributed by atoms with Gasteiger partial charge in [0.2, 0.25) is 0 Å². The molecule has 0 spiro atoms. The molecule has 3 heteroatoms. The van der Waals surface area contributed by atoms with Crippen LogP contribution in [0.15, 0.2) is 42.7 Å². The highest BCUT2D eigenvalue weighted by Crippen LogP contribution is 2.12. The van der Waals surface area contributed by atoms with Gasteiger partial charge in [0.15, 0.2) is 5.78 Å². The Bertz CT molecular complexity index is 499. The lowest BCUT2D eigenvalue weighted by atomic mass is 10.2. The number of rotatable bonds is 3. The molecule has 0 unspecified atom stereocenters. The molecule has 0 radical (unpaired) electrons. The lowest BCUT2D eigenvalue weighted by Crippen LogP contribution is -1.94. The van der Waals surface area contributed by atoms with Crippen LogP contribution in [0.4, 0.5) is 4.39 Å². The molecule has 0 fully saturated rings. The molecule has 1 aromatic heterocycles. The Morgan fingerprint density at radius 1 is 1.25 bits per heavy atom. The van der Waals surface area contributed by atoms with Gasteiger partial charge in [-0.2, -0.15) is 0 Å². The van der Waals surface area contributed by atoms with Crippen LogP contribution in [-0.2, 0) is 0 Å². The predicted octanol–water partition coefficient (Wildman–Crippen LogP) is 3.21. The molecular formula is C13H12FNO. The second-order valence-electron chi connectivity index (χ2n) is 3.56. The summed E-state index contributed by atoms with van der Waals surface area (Å²) in [5.41, 5.74) is 1.53. The van der Waals surface area contributed by atoms with Gasteiger partial charge in [-0.25, -0.2) is 4.39 Å². The van der Waals surface area contributed by atoms with Crippen LogP contribution in [0.25, 0.3) is 5.69 Å². The summed E-state index contributed by atoms with van der Waals surface area (Å²) in [6.45, 7) is 1.83. The molecule has 2 rings (SSSR count). The first-order chi connectivity index (χ1) is 7.70. The maximum atomic E-state index is 12.7. The van der Waals surface area contributed by atoms with Crippen molar-refractivity contribution in [3.8, 4) is 5.69 Å². The van der Waals surface area contributed by atoms with E-state index in [1.165, 1.54) is 12.1 Å². The number of carbonyl (C=O) groups is 1. The number of carbonyl (C=O) groups excluding carboxylic acids is 1. The summed E-state index contributed by atoms with van der Waals surface area (Å²) >= 11 is 0. The van der Waals surface area contributed by atoms with Crippen LogP contribution in [-0.4, -0.2) is 10.4 Å². The average molecular weight is 217 g/mol. The fourth-order valence-corrected chi connectivity index (χ4v) is 1.54. The van der Waals surface area contributed by atoms with Gasteiger partial charge >= 0.3 is 0 Å². The van der Waals surface area contributed by atoms with Gasteiger partial charge in [0.05, 0.1) is 0 Å². The van der Waals surface area contributed by atoms with Gasteiger partial charge in [-0.05, 0) is 30.3 Å². The molecule has 0 N–H and O–H groups in total. The molecule has 0 saturated heterocycles. The van der Waals surface area contributed by atoms with Crippen molar-refractivity contribution in [3.63, 3.8) is 0 Å². The molecule has 0 saturated carbocycles. The largest absolute Gasteiger partial charge is 0.323 e. The first kappa shape index (κ1) is 10.6. The van der Waals surface area contributed by atoms with Crippen molar-refractivity contribution < 1.29 is 9.18 Å².